The van der Waals surface area contributed by atoms with Gasteiger partial charge in [0.05, 0.1) is 11.3 Å². The number of carbonyl (C=O) groups is 2. The minimum Gasteiger partial charge on any atom is -0.478 e. The van der Waals surface area contributed by atoms with Gasteiger partial charge in [-0.2, -0.15) is 0 Å². The summed E-state index contributed by atoms with van der Waals surface area (Å²) in [6, 6.07) is 10.3. The number of carboxylic acid groups (broad SMARTS) is 1. The average Bonchev–Trinajstić information content (AvgIpc) is 2.43. The Labute approximate surface area is 123 Å². The zero-order valence-corrected chi connectivity index (χ0v) is 12.2. The number of aromatic carboxylic acids is 1. The van der Waals surface area contributed by atoms with Gasteiger partial charge in [-0.3, -0.25) is 4.79 Å². The molecule has 2 rings (SSSR count). The lowest BCUT2D eigenvalue weighted by atomic mass is 10.0. The van der Waals surface area contributed by atoms with E-state index in [1.54, 1.807) is 31.2 Å². The van der Waals surface area contributed by atoms with Crippen LogP contribution < -0.4 is 5.32 Å². The van der Waals surface area contributed by atoms with Crippen LogP contribution in [0.3, 0.4) is 0 Å². The van der Waals surface area contributed by atoms with E-state index in [1.165, 1.54) is 6.07 Å². The summed E-state index contributed by atoms with van der Waals surface area (Å²) >= 11 is 0. The smallest absolute Gasteiger partial charge is 0.337 e. The van der Waals surface area contributed by atoms with Crippen LogP contribution in [0.2, 0.25) is 0 Å². The van der Waals surface area contributed by atoms with Crippen molar-refractivity contribution in [1.29, 1.82) is 0 Å². The normalized spacial score (nSPS) is 10.2. The van der Waals surface area contributed by atoms with Crippen LogP contribution in [0.5, 0.6) is 0 Å². The number of para-hydroxylation sites is 1. The fraction of sp³-hybridized carbons (Fsp3) is 0.176. The molecule has 2 aromatic rings. The zero-order valence-electron chi connectivity index (χ0n) is 12.2. The van der Waals surface area contributed by atoms with Crippen LogP contribution in [0, 0.1) is 20.8 Å². The molecular formula is C17H17NO3. The van der Waals surface area contributed by atoms with Gasteiger partial charge >= 0.3 is 5.97 Å². The Hall–Kier alpha value is -2.62. The molecule has 4 nitrogen and oxygen atoms in total. The van der Waals surface area contributed by atoms with E-state index in [0.29, 0.717) is 16.8 Å². The second kappa shape index (κ2) is 5.79. The quantitative estimate of drug-likeness (QED) is 0.905. The van der Waals surface area contributed by atoms with Crippen molar-refractivity contribution in [3.8, 4) is 0 Å². The predicted molar refractivity (Wildman–Crippen MR) is 82.0 cm³/mol. The van der Waals surface area contributed by atoms with E-state index in [4.69, 9.17) is 0 Å². The van der Waals surface area contributed by atoms with E-state index >= 15 is 0 Å². The molecule has 0 aliphatic heterocycles. The van der Waals surface area contributed by atoms with Crippen LogP contribution in [0.15, 0.2) is 36.4 Å². The molecule has 0 aromatic heterocycles. The predicted octanol–water partition coefficient (Wildman–Crippen LogP) is 3.56. The van der Waals surface area contributed by atoms with Crippen molar-refractivity contribution < 1.29 is 14.7 Å². The number of anilines is 1. The lowest BCUT2D eigenvalue weighted by molar-refractivity contribution is 0.0698. The summed E-state index contributed by atoms with van der Waals surface area (Å²) in [5.74, 6) is -1.37. The van der Waals surface area contributed by atoms with Crippen LogP contribution in [0.25, 0.3) is 0 Å². The molecule has 0 spiro atoms. The van der Waals surface area contributed by atoms with E-state index in [0.717, 1.165) is 11.1 Å². The first-order chi connectivity index (χ1) is 9.90. The van der Waals surface area contributed by atoms with Gasteiger partial charge in [-0.25, -0.2) is 4.79 Å². The van der Waals surface area contributed by atoms with Gasteiger partial charge in [-0.15, -0.1) is 0 Å². The van der Waals surface area contributed by atoms with Crippen LogP contribution in [0.1, 0.15) is 37.4 Å². The third-order valence-corrected chi connectivity index (χ3v) is 3.51. The molecule has 0 fully saturated rings. The standard InChI is InChI=1S/C17H17NO3/c1-10-7-8-13(9-12(10)3)16(19)18-15-11(2)5-4-6-14(15)17(20)21/h4-9H,1-3H3,(H,18,19)(H,20,21). The average molecular weight is 283 g/mol. The van der Waals surface area contributed by atoms with Crippen LogP contribution in [-0.2, 0) is 0 Å². The van der Waals surface area contributed by atoms with Crippen molar-refractivity contribution in [2.45, 2.75) is 20.8 Å². The van der Waals surface area contributed by atoms with Gasteiger partial charge in [-0.1, -0.05) is 18.2 Å². The Morgan fingerprint density at radius 2 is 1.67 bits per heavy atom. The minimum absolute atomic E-state index is 0.0900. The molecule has 2 aromatic carbocycles. The van der Waals surface area contributed by atoms with Crippen LogP contribution >= 0.6 is 0 Å². The van der Waals surface area contributed by atoms with Gasteiger partial charge in [0, 0.05) is 5.56 Å². The monoisotopic (exact) mass is 283 g/mol. The largest absolute Gasteiger partial charge is 0.478 e. The van der Waals surface area contributed by atoms with E-state index in [9.17, 15) is 14.7 Å². The molecule has 108 valence electrons. The highest BCUT2D eigenvalue weighted by atomic mass is 16.4. The minimum atomic E-state index is -1.06. The number of benzene rings is 2. The summed E-state index contributed by atoms with van der Waals surface area (Å²) < 4.78 is 0. The summed E-state index contributed by atoms with van der Waals surface area (Å²) in [5, 5.41) is 11.9. The second-order valence-electron chi connectivity index (χ2n) is 5.06. The Kier molecular flexibility index (Phi) is 4.08. The summed E-state index contributed by atoms with van der Waals surface area (Å²) in [7, 11) is 0. The van der Waals surface area contributed by atoms with E-state index in [-0.39, 0.29) is 11.5 Å². The maximum absolute atomic E-state index is 12.3. The summed E-state index contributed by atoms with van der Waals surface area (Å²) in [6.07, 6.45) is 0. The summed E-state index contributed by atoms with van der Waals surface area (Å²) in [6.45, 7) is 5.67. The lowest BCUT2D eigenvalue weighted by Crippen LogP contribution is -2.16. The molecule has 0 unspecified atom stereocenters. The molecule has 21 heavy (non-hydrogen) atoms. The first-order valence-corrected chi connectivity index (χ1v) is 6.61. The summed E-state index contributed by atoms with van der Waals surface area (Å²) in [5.41, 5.74) is 3.78. The number of carboxylic acids is 1. The first kappa shape index (κ1) is 14.8. The number of hydrogen-bond donors (Lipinski definition) is 2. The molecule has 1 amide bonds. The number of hydrogen-bond acceptors (Lipinski definition) is 2. The molecule has 0 saturated heterocycles. The number of rotatable bonds is 3. The van der Waals surface area contributed by atoms with Gasteiger partial charge < -0.3 is 10.4 Å². The van der Waals surface area contributed by atoms with Crippen molar-refractivity contribution in [2.75, 3.05) is 5.32 Å². The van der Waals surface area contributed by atoms with E-state index in [1.807, 2.05) is 19.9 Å². The number of aryl methyl sites for hydroxylation is 3. The Bertz CT molecular complexity index is 720. The van der Waals surface area contributed by atoms with Crippen LogP contribution in [0.4, 0.5) is 5.69 Å². The van der Waals surface area contributed by atoms with Gasteiger partial charge in [0.1, 0.15) is 0 Å². The molecule has 0 aliphatic rings. The van der Waals surface area contributed by atoms with Gasteiger partial charge in [0.2, 0.25) is 0 Å². The fourth-order valence-electron chi connectivity index (χ4n) is 2.08. The van der Waals surface area contributed by atoms with Crippen molar-refractivity contribution in [3.05, 3.63) is 64.2 Å². The Morgan fingerprint density at radius 1 is 0.952 bits per heavy atom. The van der Waals surface area contributed by atoms with Crippen molar-refractivity contribution in [3.63, 3.8) is 0 Å². The van der Waals surface area contributed by atoms with Crippen molar-refractivity contribution in [2.24, 2.45) is 0 Å². The van der Waals surface area contributed by atoms with Crippen molar-refractivity contribution >= 4 is 17.6 Å². The topological polar surface area (TPSA) is 66.4 Å². The number of carbonyl (C=O) groups excluding carboxylic acids is 1. The molecule has 2 N–H and O–H groups in total. The molecule has 0 saturated carbocycles. The second-order valence-corrected chi connectivity index (χ2v) is 5.06. The molecule has 4 heteroatoms. The van der Waals surface area contributed by atoms with Gasteiger partial charge in [-0.05, 0) is 55.7 Å². The molecule has 0 aliphatic carbocycles. The third kappa shape index (κ3) is 3.11. The highest BCUT2D eigenvalue weighted by molar-refractivity contribution is 6.08. The third-order valence-electron chi connectivity index (χ3n) is 3.51. The molecule has 0 radical (unpaired) electrons. The summed E-state index contributed by atoms with van der Waals surface area (Å²) in [4.78, 5) is 23.5. The number of nitrogens with one attached hydrogen (secondary N) is 1. The van der Waals surface area contributed by atoms with Crippen LogP contribution in [-0.4, -0.2) is 17.0 Å². The highest BCUT2D eigenvalue weighted by Gasteiger charge is 2.15. The van der Waals surface area contributed by atoms with E-state index in [2.05, 4.69) is 5.32 Å². The zero-order chi connectivity index (χ0) is 15.6. The highest BCUT2D eigenvalue weighted by Crippen LogP contribution is 2.22. The number of amides is 1. The van der Waals surface area contributed by atoms with E-state index < -0.39 is 5.97 Å². The molecular weight excluding hydrogens is 266 g/mol. The SMILES string of the molecule is Cc1ccc(C(=O)Nc2c(C)cccc2C(=O)O)cc1C. The fourth-order valence-corrected chi connectivity index (χ4v) is 2.08. The maximum atomic E-state index is 12.3. The van der Waals surface area contributed by atoms with Gasteiger partial charge in [0.15, 0.2) is 0 Å². The molecule has 0 bridgehead atoms. The Morgan fingerprint density at radius 3 is 2.29 bits per heavy atom. The Balaban J connectivity index is 2.36. The van der Waals surface area contributed by atoms with Gasteiger partial charge in [0.25, 0.3) is 5.91 Å². The molecule has 0 atom stereocenters. The lowest BCUT2D eigenvalue weighted by Gasteiger charge is -2.12. The van der Waals surface area contributed by atoms with Crippen molar-refractivity contribution in [1.82, 2.24) is 0 Å². The first-order valence-electron chi connectivity index (χ1n) is 6.61. The maximum Gasteiger partial charge on any atom is 0.337 e. The molecule has 0 heterocycles.